The monoisotopic (exact) mass is 287 g/mol. The van der Waals surface area contributed by atoms with Crippen LogP contribution in [0.2, 0.25) is 0 Å². The van der Waals surface area contributed by atoms with Crippen LogP contribution >= 0.6 is 0 Å². The fraction of sp³-hybridized carbons (Fsp3) is 0.150. The van der Waals surface area contributed by atoms with E-state index < -0.39 is 0 Å². The molecule has 1 aliphatic rings. The van der Waals surface area contributed by atoms with E-state index in [4.69, 9.17) is 0 Å². The average molecular weight is 287 g/mol. The summed E-state index contributed by atoms with van der Waals surface area (Å²) < 4.78 is 2.29. The number of carbonyl (C=O) groups excluding carboxylic acids is 1. The first-order chi connectivity index (χ1) is 10.8. The lowest BCUT2D eigenvalue weighted by Gasteiger charge is -2.16. The lowest BCUT2D eigenvalue weighted by atomic mass is 9.89. The highest BCUT2D eigenvalue weighted by Crippen LogP contribution is 2.35. The molecule has 1 aliphatic carbocycles. The van der Waals surface area contributed by atoms with Crippen LogP contribution in [0.4, 0.5) is 0 Å². The van der Waals surface area contributed by atoms with E-state index in [2.05, 4.69) is 59.2 Å². The molecule has 22 heavy (non-hydrogen) atoms. The van der Waals surface area contributed by atoms with E-state index in [0.717, 1.165) is 12.1 Å². The molecule has 1 unspecified atom stereocenters. The number of rotatable bonds is 2. The maximum atomic E-state index is 11.8. The number of allylic oxidation sites excluding steroid dienone is 1. The van der Waals surface area contributed by atoms with Gasteiger partial charge >= 0.3 is 0 Å². The van der Waals surface area contributed by atoms with Crippen molar-refractivity contribution in [2.45, 2.75) is 13.3 Å². The summed E-state index contributed by atoms with van der Waals surface area (Å²) in [5, 5.41) is 1.25. The van der Waals surface area contributed by atoms with Crippen molar-refractivity contribution in [1.82, 2.24) is 4.57 Å². The van der Waals surface area contributed by atoms with Gasteiger partial charge in [0, 0.05) is 22.7 Å². The lowest BCUT2D eigenvalue weighted by molar-refractivity contribution is -0.119. The zero-order chi connectivity index (χ0) is 15.1. The average Bonchev–Trinajstić information content (AvgIpc) is 2.89. The molecule has 1 heterocycles. The summed E-state index contributed by atoms with van der Waals surface area (Å²) in [6.45, 7) is 1.68. The predicted molar refractivity (Wildman–Crippen MR) is 90.2 cm³/mol. The van der Waals surface area contributed by atoms with Crippen LogP contribution in [-0.4, -0.2) is 10.4 Å². The molecule has 0 amide bonds. The van der Waals surface area contributed by atoms with Crippen LogP contribution in [0.25, 0.3) is 22.7 Å². The fourth-order valence-corrected chi connectivity index (χ4v) is 3.35. The molecule has 2 aromatic carbocycles. The van der Waals surface area contributed by atoms with Gasteiger partial charge in [-0.3, -0.25) is 4.79 Å². The van der Waals surface area contributed by atoms with Gasteiger partial charge < -0.3 is 4.57 Å². The molecular weight excluding hydrogens is 270 g/mol. The van der Waals surface area contributed by atoms with Crippen molar-refractivity contribution < 1.29 is 4.79 Å². The van der Waals surface area contributed by atoms with Gasteiger partial charge in [0.15, 0.2) is 0 Å². The van der Waals surface area contributed by atoms with Crippen molar-refractivity contribution in [2.75, 3.05) is 0 Å². The number of hydrogen-bond donors (Lipinski definition) is 0. The zero-order valence-corrected chi connectivity index (χ0v) is 12.5. The third kappa shape index (κ3) is 1.92. The number of aromatic nitrogens is 1. The molecule has 1 atom stereocenters. The number of Topliss-reactive ketones (excluding diaryl/α,β-unsaturated/α-hetero) is 1. The Kier molecular flexibility index (Phi) is 2.97. The van der Waals surface area contributed by atoms with Crippen molar-refractivity contribution in [2.24, 2.45) is 5.92 Å². The van der Waals surface area contributed by atoms with Gasteiger partial charge in [-0.25, -0.2) is 0 Å². The maximum absolute atomic E-state index is 11.8. The Bertz CT molecular complexity index is 887. The van der Waals surface area contributed by atoms with Crippen LogP contribution in [0, 0.1) is 5.92 Å². The van der Waals surface area contributed by atoms with Gasteiger partial charge in [0.25, 0.3) is 0 Å². The third-order valence-electron chi connectivity index (χ3n) is 4.47. The summed E-state index contributed by atoms with van der Waals surface area (Å²) in [7, 11) is 0. The standard InChI is InChI=1S/C20H17NO/c1-14(22)15-11-12-20-18(13-15)17-9-5-6-10-19(17)21(20)16-7-3-2-4-8-16/h2-12,15H,13H2,1H3. The van der Waals surface area contributed by atoms with E-state index in [0.29, 0.717) is 0 Å². The topological polar surface area (TPSA) is 22.0 Å². The molecular formula is C20H17NO. The largest absolute Gasteiger partial charge is 0.310 e. The number of carbonyl (C=O) groups is 1. The van der Waals surface area contributed by atoms with Crippen molar-refractivity contribution in [3.05, 3.63) is 71.9 Å². The van der Waals surface area contributed by atoms with Crippen molar-refractivity contribution in [3.63, 3.8) is 0 Å². The van der Waals surface area contributed by atoms with Gasteiger partial charge in [-0.05, 0) is 43.2 Å². The molecule has 0 aliphatic heterocycles. The molecule has 2 nitrogen and oxygen atoms in total. The van der Waals surface area contributed by atoms with E-state index in [-0.39, 0.29) is 11.7 Å². The Labute approximate surface area is 129 Å². The molecule has 0 bridgehead atoms. The van der Waals surface area contributed by atoms with Crippen LogP contribution in [-0.2, 0) is 11.2 Å². The zero-order valence-electron chi connectivity index (χ0n) is 12.5. The van der Waals surface area contributed by atoms with Gasteiger partial charge in [0.2, 0.25) is 0 Å². The molecule has 1 aromatic heterocycles. The minimum absolute atomic E-state index is 0.00234. The highest BCUT2D eigenvalue weighted by atomic mass is 16.1. The SMILES string of the molecule is CC(=O)C1C=Cc2c(c3ccccc3n2-c2ccccc2)C1. The Hall–Kier alpha value is -2.61. The summed E-state index contributed by atoms with van der Waals surface area (Å²) in [5.41, 5.74) is 4.84. The molecule has 0 N–H and O–H groups in total. The summed E-state index contributed by atoms with van der Waals surface area (Å²) >= 11 is 0. The number of nitrogens with zero attached hydrogens (tertiary/aromatic N) is 1. The van der Waals surface area contributed by atoms with E-state index in [1.165, 1.54) is 22.2 Å². The summed E-state index contributed by atoms with van der Waals surface area (Å²) in [5.74, 6) is 0.237. The number of ketones is 1. The molecule has 0 radical (unpaired) electrons. The molecule has 0 spiro atoms. The Morgan fingerprint density at radius 3 is 2.55 bits per heavy atom. The second kappa shape index (κ2) is 4.99. The number of fused-ring (bicyclic) bond motifs is 3. The van der Waals surface area contributed by atoms with Gasteiger partial charge in [-0.2, -0.15) is 0 Å². The van der Waals surface area contributed by atoms with Crippen molar-refractivity contribution in [1.29, 1.82) is 0 Å². The second-order valence-electron chi connectivity index (χ2n) is 5.83. The number of benzene rings is 2. The Balaban J connectivity index is 2.01. The van der Waals surface area contributed by atoms with Gasteiger partial charge in [0.1, 0.15) is 5.78 Å². The molecule has 0 saturated heterocycles. The number of para-hydroxylation sites is 2. The minimum atomic E-state index is 0.00234. The summed E-state index contributed by atoms with van der Waals surface area (Å²) in [6, 6.07) is 18.8. The van der Waals surface area contributed by atoms with Crippen molar-refractivity contribution >= 4 is 22.8 Å². The summed E-state index contributed by atoms with van der Waals surface area (Å²) in [6.07, 6.45) is 4.95. The first-order valence-corrected chi connectivity index (χ1v) is 7.62. The van der Waals surface area contributed by atoms with Gasteiger partial charge in [0.05, 0.1) is 5.52 Å². The third-order valence-corrected chi connectivity index (χ3v) is 4.47. The van der Waals surface area contributed by atoms with E-state index >= 15 is 0 Å². The van der Waals surface area contributed by atoms with Crippen LogP contribution in [0.15, 0.2) is 60.7 Å². The quantitative estimate of drug-likeness (QED) is 0.684. The predicted octanol–water partition coefficient (Wildman–Crippen LogP) is 4.41. The fourth-order valence-electron chi connectivity index (χ4n) is 3.35. The van der Waals surface area contributed by atoms with E-state index in [9.17, 15) is 4.79 Å². The maximum Gasteiger partial charge on any atom is 0.136 e. The minimum Gasteiger partial charge on any atom is -0.310 e. The van der Waals surface area contributed by atoms with Gasteiger partial charge in [-0.1, -0.05) is 42.5 Å². The van der Waals surface area contributed by atoms with Crippen LogP contribution in [0.1, 0.15) is 18.2 Å². The van der Waals surface area contributed by atoms with E-state index in [1.54, 1.807) is 6.92 Å². The molecule has 0 fully saturated rings. The second-order valence-corrected chi connectivity index (χ2v) is 5.83. The normalized spacial score (nSPS) is 16.7. The van der Waals surface area contributed by atoms with Gasteiger partial charge in [-0.15, -0.1) is 0 Å². The van der Waals surface area contributed by atoms with E-state index in [1.807, 2.05) is 12.1 Å². The molecule has 2 heteroatoms. The Morgan fingerprint density at radius 2 is 1.77 bits per heavy atom. The Morgan fingerprint density at radius 1 is 1.05 bits per heavy atom. The summed E-state index contributed by atoms with van der Waals surface area (Å²) in [4.78, 5) is 11.8. The highest BCUT2D eigenvalue weighted by Gasteiger charge is 2.24. The first kappa shape index (κ1) is 13.1. The van der Waals surface area contributed by atoms with Crippen LogP contribution in [0.3, 0.4) is 0 Å². The van der Waals surface area contributed by atoms with Crippen LogP contribution in [0.5, 0.6) is 0 Å². The molecule has 4 rings (SSSR count). The molecule has 108 valence electrons. The lowest BCUT2D eigenvalue weighted by Crippen LogP contribution is -2.15. The van der Waals surface area contributed by atoms with Crippen LogP contribution < -0.4 is 0 Å². The highest BCUT2D eigenvalue weighted by molar-refractivity contribution is 5.93. The molecule has 0 saturated carbocycles. The molecule has 3 aromatic rings. The van der Waals surface area contributed by atoms with Crippen molar-refractivity contribution in [3.8, 4) is 5.69 Å². The number of hydrogen-bond acceptors (Lipinski definition) is 1. The first-order valence-electron chi connectivity index (χ1n) is 7.62. The smallest absolute Gasteiger partial charge is 0.136 e.